The number of nitrogens with zero attached hydrogens (tertiary/aromatic N) is 2. The number of nitrogens with one attached hydrogen (secondary N) is 1. The van der Waals surface area contributed by atoms with Crippen LogP contribution in [0, 0.1) is 12.8 Å². The van der Waals surface area contributed by atoms with E-state index in [2.05, 4.69) is 21.2 Å². The predicted octanol–water partition coefficient (Wildman–Crippen LogP) is 7.02. The van der Waals surface area contributed by atoms with Crippen LogP contribution in [0.5, 0.6) is 0 Å². The standard InChI is InChI=1S/C35H37BrClN3O4S/c1-25(2)22-38-35(42)33(20-27-9-5-4-6-10-27)39(23-28-11-7-12-29(36)19-28)34(41)24-40(31-14-8-13-30(37)21-31)45(43,44)32-17-15-26(3)16-18-32/h4-19,21,25,33H,20,22-24H2,1-3H3,(H,38,42)/t33-/m1/s1. The number of carbonyl (C=O) groups excluding carboxylic acids is 2. The van der Waals surface area contributed by atoms with Crippen LogP contribution in [0.2, 0.25) is 5.02 Å². The molecule has 4 aromatic carbocycles. The van der Waals surface area contributed by atoms with Crippen LogP contribution in [0.3, 0.4) is 0 Å². The van der Waals surface area contributed by atoms with Crippen LogP contribution < -0.4 is 9.62 Å². The molecule has 2 amide bonds. The third-order valence-electron chi connectivity index (χ3n) is 7.18. The maximum Gasteiger partial charge on any atom is 0.264 e. The minimum atomic E-state index is -4.20. The molecule has 0 radical (unpaired) electrons. The molecule has 7 nitrogen and oxygen atoms in total. The molecule has 0 unspecified atom stereocenters. The van der Waals surface area contributed by atoms with Gasteiger partial charge in [0.1, 0.15) is 12.6 Å². The quantitative estimate of drug-likeness (QED) is 0.162. The van der Waals surface area contributed by atoms with Gasteiger partial charge >= 0.3 is 0 Å². The van der Waals surface area contributed by atoms with E-state index in [9.17, 15) is 18.0 Å². The van der Waals surface area contributed by atoms with Gasteiger partial charge < -0.3 is 10.2 Å². The van der Waals surface area contributed by atoms with Gasteiger partial charge in [-0.2, -0.15) is 0 Å². The minimum Gasteiger partial charge on any atom is -0.354 e. The summed E-state index contributed by atoms with van der Waals surface area (Å²) in [5, 5.41) is 3.32. The van der Waals surface area contributed by atoms with Crippen LogP contribution >= 0.6 is 27.5 Å². The van der Waals surface area contributed by atoms with Crippen LogP contribution in [-0.2, 0) is 32.6 Å². The Bertz CT molecular complexity index is 1720. The summed E-state index contributed by atoms with van der Waals surface area (Å²) >= 11 is 9.80. The van der Waals surface area contributed by atoms with E-state index < -0.39 is 28.5 Å². The van der Waals surface area contributed by atoms with Gasteiger partial charge in [-0.1, -0.05) is 108 Å². The summed E-state index contributed by atoms with van der Waals surface area (Å²) in [6.45, 7) is 5.82. The summed E-state index contributed by atoms with van der Waals surface area (Å²) in [5.41, 5.74) is 2.79. The Morgan fingerprint density at radius 3 is 2.18 bits per heavy atom. The number of anilines is 1. The molecule has 0 fully saturated rings. The van der Waals surface area contributed by atoms with E-state index in [0.29, 0.717) is 11.6 Å². The molecular weight excluding hydrogens is 674 g/mol. The van der Waals surface area contributed by atoms with E-state index in [0.717, 1.165) is 25.5 Å². The summed E-state index contributed by atoms with van der Waals surface area (Å²) in [6, 6.07) is 28.9. The molecular formula is C35H37BrClN3O4S. The topological polar surface area (TPSA) is 86.8 Å². The molecule has 0 aliphatic rings. The zero-order valence-electron chi connectivity index (χ0n) is 25.5. The van der Waals surface area contributed by atoms with Crippen molar-refractivity contribution >= 4 is 55.1 Å². The number of carbonyl (C=O) groups is 2. The average Bonchev–Trinajstić information content (AvgIpc) is 3.01. The molecule has 1 N–H and O–H groups in total. The van der Waals surface area contributed by atoms with Gasteiger partial charge in [0.25, 0.3) is 10.0 Å². The maximum absolute atomic E-state index is 14.5. The second-order valence-corrected chi connectivity index (χ2v) is 14.5. The Morgan fingerprint density at radius 2 is 1.53 bits per heavy atom. The number of aryl methyl sites for hydroxylation is 1. The fraction of sp³-hybridized carbons (Fsp3) is 0.257. The highest BCUT2D eigenvalue weighted by Gasteiger charge is 2.34. The smallest absolute Gasteiger partial charge is 0.264 e. The van der Waals surface area contributed by atoms with Crippen molar-refractivity contribution < 1.29 is 18.0 Å². The minimum absolute atomic E-state index is 0.0370. The monoisotopic (exact) mass is 709 g/mol. The van der Waals surface area contributed by atoms with Gasteiger partial charge in [0.15, 0.2) is 0 Å². The molecule has 0 bridgehead atoms. The first kappa shape index (κ1) is 34.2. The van der Waals surface area contributed by atoms with Gasteiger partial charge in [0, 0.05) is 29.0 Å². The maximum atomic E-state index is 14.5. The van der Waals surface area contributed by atoms with E-state index in [1.54, 1.807) is 30.3 Å². The molecule has 0 saturated heterocycles. The van der Waals surface area contributed by atoms with Crippen molar-refractivity contribution in [3.05, 3.63) is 129 Å². The van der Waals surface area contributed by atoms with Crippen LogP contribution in [0.4, 0.5) is 5.69 Å². The Hall–Kier alpha value is -3.66. The van der Waals surface area contributed by atoms with E-state index in [1.807, 2.05) is 75.4 Å². The van der Waals surface area contributed by atoms with Gasteiger partial charge in [-0.05, 0) is 66.4 Å². The van der Waals surface area contributed by atoms with Crippen LogP contribution in [0.1, 0.15) is 30.5 Å². The molecule has 0 aliphatic carbocycles. The van der Waals surface area contributed by atoms with E-state index in [4.69, 9.17) is 11.6 Å². The number of halogens is 2. The number of hydrogen-bond acceptors (Lipinski definition) is 4. The van der Waals surface area contributed by atoms with Gasteiger partial charge in [-0.3, -0.25) is 13.9 Å². The molecule has 236 valence electrons. The van der Waals surface area contributed by atoms with Crippen LogP contribution in [0.25, 0.3) is 0 Å². The Kier molecular flexibility index (Phi) is 11.8. The average molecular weight is 711 g/mol. The second-order valence-electron chi connectivity index (χ2n) is 11.3. The summed E-state index contributed by atoms with van der Waals surface area (Å²) < 4.78 is 30.1. The molecule has 4 aromatic rings. The highest BCUT2D eigenvalue weighted by atomic mass is 79.9. The highest BCUT2D eigenvalue weighted by molar-refractivity contribution is 9.10. The SMILES string of the molecule is Cc1ccc(S(=O)(=O)N(CC(=O)N(Cc2cccc(Br)c2)[C@H](Cc2ccccc2)C(=O)NCC(C)C)c2cccc(Cl)c2)cc1. The first-order chi connectivity index (χ1) is 21.4. The van der Waals surface area contributed by atoms with Crippen molar-refractivity contribution in [1.29, 1.82) is 0 Å². The number of hydrogen-bond donors (Lipinski definition) is 1. The predicted molar refractivity (Wildman–Crippen MR) is 184 cm³/mol. The number of sulfonamides is 1. The van der Waals surface area contributed by atoms with E-state index in [-0.39, 0.29) is 35.4 Å². The lowest BCUT2D eigenvalue weighted by atomic mass is 10.0. The van der Waals surface area contributed by atoms with Crippen molar-refractivity contribution in [2.45, 2.75) is 44.7 Å². The van der Waals surface area contributed by atoms with Crippen molar-refractivity contribution in [2.24, 2.45) is 5.92 Å². The number of amides is 2. The lowest BCUT2D eigenvalue weighted by Crippen LogP contribution is -2.53. The molecule has 1 atom stereocenters. The molecule has 4 rings (SSSR count). The van der Waals surface area contributed by atoms with Crippen molar-refractivity contribution in [1.82, 2.24) is 10.2 Å². The largest absolute Gasteiger partial charge is 0.354 e. The molecule has 0 saturated carbocycles. The zero-order chi connectivity index (χ0) is 32.6. The van der Waals surface area contributed by atoms with Crippen LogP contribution in [-0.4, -0.2) is 44.3 Å². The van der Waals surface area contributed by atoms with E-state index >= 15 is 0 Å². The number of benzene rings is 4. The Labute approximate surface area is 279 Å². The van der Waals surface area contributed by atoms with Gasteiger partial charge in [0.05, 0.1) is 10.6 Å². The van der Waals surface area contributed by atoms with Gasteiger partial charge in [-0.15, -0.1) is 0 Å². The Morgan fingerprint density at radius 1 is 0.867 bits per heavy atom. The molecule has 0 aromatic heterocycles. The van der Waals surface area contributed by atoms with Crippen LogP contribution in [0.15, 0.2) is 112 Å². The molecule has 10 heteroatoms. The third kappa shape index (κ3) is 9.42. The third-order valence-corrected chi connectivity index (χ3v) is 9.70. The van der Waals surface area contributed by atoms with Gasteiger partial charge in [0.2, 0.25) is 11.8 Å². The normalized spacial score (nSPS) is 12.0. The van der Waals surface area contributed by atoms with Crippen molar-refractivity contribution in [2.75, 3.05) is 17.4 Å². The lowest BCUT2D eigenvalue weighted by Gasteiger charge is -2.34. The first-order valence-corrected chi connectivity index (χ1v) is 17.3. The van der Waals surface area contributed by atoms with Crippen molar-refractivity contribution in [3.8, 4) is 0 Å². The zero-order valence-corrected chi connectivity index (χ0v) is 28.6. The fourth-order valence-electron chi connectivity index (χ4n) is 4.81. The highest BCUT2D eigenvalue weighted by Crippen LogP contribution is 2.27. The first-order valence-electron chi connectivity index (χ1n) is 14.6. The van der Waals surface area contributed by atoms with Gasteiger partial charge in [-0.25, -0.2) is 8.42 Å². The molecule has 45 heavy (non-hydrogen) atoms. The molecule has 0 spiro atoms. The summed E-state index contributed by atoms with van der Waals surface area (Å²) in [6.07, 6.45) is 0.242. The fourth-order valence-corrected chi connectivity index (χ4v) is 6.84. The Balaban J connectivity index is 1.80. The summed E-state index contributed by atoms with van der Waals surface area (Å²) in [5.74, 6) is -0.656. The molecule has 0 aliphatic heterocycles. The molecule has 0 heterocycles. The second kappa shape index (κ2) is 15.6. The lowest BCUT2D eigenvalue weighted by molar-refractivity contribution is -0.140. The number of rotatable bonds is 13. The van der Waals surface area contributed by atoms with Crippen molar-refractivity contribution in [3.63, 3.8) is 0 Å². The summed E-state index contributed by atoms with van der Waals surface area (Å²) in [7, 11) is -4.20. The summed E-state index contributed by atoms with van der Waals surface area (Å²) in [4.78, 5) is 29.9. The van der Waals surface area contributed by atoms with E-state index in [1.165, 1.54) is 23.1 Å².